The highest BCUT2D eigenvalue weighted by molar-refractivity contribution is 8.15. The molecule has 218 valence electrons. The lowest BCUT2D eigenvalue weighted by Crippen LogP contribution is -2.57. The van der Waals surface area contributed by atoms with Crippen molar-refractivity contribution >= 4 is 39.9 Å². The van der Waals surface area contributed by atoms with Crippen LogP contribution in [-0.4, -0.2) is 68.6 Å². The smallest absolute Gasteiger partial charge is 0.408 e. The zero-order valence-electron chi connectivity index (χ0n) is 24.1. The number of nitrogens with one attached hydrogen (secondary N) is 3. The second-order valence-corrected chi connectivity index (χ2v) is 15.0. The Morgan fingerprint density at radius 3 is 2.56 bits per heavy atom. The van der Waals surface area contributed by atoms with E-state index in [1.807, 2.05) is 6.92 Å². The van der Waals surface area contributed by atoms with E-state index in [-0.39, 0.29) is 39.1 Å². The van der Waals surface area contributed by atoms with E-state index in [4.69, 9.17) is 4.74 Å². The third kappa shape index (κ3) is 7.05. The molecule has 4 amide bonds. The molecule has 4 aliphatic rings. The summed E-state index contributed by atoms with van der Waals surface area (Å²) in [5, 5.41) is 7.94. The lowest BCUT2D eigenvalue weighted by atomic mass is 10.0. The number of ether oxygens (including phenoxy) is 1. The van der Waals surface area contributed by atoms with Crippen LogP contribution < -0.4 is 15.4 Å². The second kappa shape index (κ2) is 11.6. The van der Waals surface area contributed by atoms with Crippen molar-refractivity contribution in [1.29, 1.82) is 0 Å². The molecule has 0 aromatic rings. The Balaban J connectivity index is 1.54. The van der Waals surface area contributed by atoms with Gasteiger partial charge < -0.3 is 25.0 Å². The van der Waals surface area contributed by atoms with E-state index in [0.717, 1.165) is 38.5 Å². The molecule has 0 aromatic heterocycles. The summed E-state index contributed by atoms with van der Waals surface area (Å²) in [6.07, 6.45) is 11.5. The van der Waals surface area contributed by atoms with Gasteiger partial charge in [-0.2, -0.15) is 0 Å². The van der Waals surface area contributed by atoms with Crippen molar-refractivity contribution in [1.82, 2.24) is 20.3 Å². The maximum absolute atomic E-state index is 13.7. The summed E-state index contributed by atoms with van der Waals surface area (Å²) in [4.78, 5) is 55.2. The van der Waals surface area contributed by atoms with E-state index >= 15 is 0 Å². The van der Waals surface area contributed by atoms with Crippen molar-refractivity contribution in [3.8, 4) is 0 Å². The van der Waals surface area contributed by atoms with Gasteiger partial charge in [0.2, 0.25) is 11.8 Å². The molecule has 0 spiro atoms. The Morgan fingerprint density at radius 2 is 1.90 bits per heavy atom. The molecule has 0 bridgehead atoms. The molecular weight excluding hydrogens is 516 g/mol. The molecule has 4 rings (SSSR count). The summed E-state index contributed by atoms with van der Waals surface area (Å²) in [6.45, 7) is 9.96. The van der Waals surface area contributed by atoms with Gasteiger partial charge in [0.1, 0.15) is 23.2 Å². The lowest BCUT2D eigenvalue weighted by molar-refractivity contribution is -0.141. The van der Waals surface area contributed by atoms with Crippen molar-refractivity contribution in [2.24, 2.45) is 5.92 Å². The number of fused-ring (bicyclic) bond motifs is 2. The molecule has 2 heterocycles. The molecule has 0 radical (unpaired) electrons. The van der Waals surface area contributed by atoms with E-state index in [9.17, 15) is 19.2 Å². The molecular formula is C29H46N4O5S. The molecule has 5 atom stereocenters. The summed E-state index contributed by atoms with van der Waals surface area (Å²) in [6, 6.07) is -1.43. The highest BCUT2D eigenvalue weighted by Gasteiger charge is 2.61. The summed E-state index contributed by atoms with van der Waals surface area (Å²) in [5.41, 5.74) is -1.67. The van der Waals surface area contributed by atoms with E-state index < -0.39 is 29.3 Å². The van der Waals surface area contributed by atoms with Gasteiger partial charge in [-0.1, -0.05) is 35.7 Å². The van der Waals surface area contributed by atoms with Crippen LogP contribution in [0.15, 0.2) is 12.2 Å². The SMILES string of the molecule is C/C=S(/NC(=O)[C@@]12C[C@H]1/C=C\CCCCC[C@H](NC(=O)OC(C)(C)C)C(=O)N1CCC[C@H]1C(=O)N2)C1(C)CC1. The maximum atomic E-state index is 13.7. The fourth-order valence-electron chi connectivity index (χ4n) is 5.60. The van der Waals surface area contributed by atoms with Gasteiger partial charge in [0.25, 0.3) is 5.91 Å². The molecule has 1 unspecified atom stereocenters. The van der Waals surface area contributed by atoms with E-state index in [1.54, 1.807) is 25.7 Å². The summed E-state index contributed by atoms with van der Waals surface area (Å²) in [5.74, 6) is -0.755. The summed E-state index contributed by atoms with van der Waals surface area (Å²) < 4.78 is 8.77. The highest BCUT2D eigenvalue weighted by atomic mass is 32.2. The maximum Gasteiger partial charge on any atom is 0.408 e. The van der Waals surface area contributed by atoms with Crippen LogP contribution in [0.5, 0.6) is 0 Å². The van der Waals surface area contributed by atoms with Crippen molar-refractivity contribution in [2.75, 3.05) is 6.54 Å². The molecule has 2 saturated carbocycles. The minimum atomic E-state index is -0.987. The number of carbonyl (C=O) groups excluding carboxylic acids is 4. The Bertz CT molecular complexity index is 1050. The molecule has 3 fully saturated rings. The highest BCUT2D eigenvalue weighted by Crippen LogP contribution is 2.52. The number of alkyl carbamates (subject to hydrolysis) is 1. The Kier molecular flexibility index (Phi) is 8.83. The van der Waals surface area contributed by atoms with Gasteiger partial charge in [0.15, 0.2) is 0 Å². The fraction of sp³-hybridized carbons (Fsp3) is 0.759. The van der Waals surface area contributed by atoms with Crippen LogP contribution in [0.1, 0.15) is 98.8 Å². The van der Waals surface area contributed by atoms with Gasteiger partial charge in [-0.15, -0.1) is 0 Å². The number of nitrogens with zero attached hydrogens (tertiary/aromatic N) is 1. The molecule has 3 N–H and O–H groups in total. The first kappa shape index (κ1) is 29.6. The zero-order chi connectivity index (χ0) is 28.4. The molecule has 39 heavy (non-hydrogen) atoms. The topological polar surface area (TPSA) is 117 Å². The Morgan fingerprint density at radius 1 is 1.15 bits per heavy atom. The van der Waals surface area contributed by atoms with Crippen LogP contribution >= 0.6 is 10.7 Å². The molecule has 2 aliphatic heterocycles. The van der Waals surface area contributed by atoms with Crippen LogP contribution in [0.25, 0.3) is 0 Å². The molecule has 1 saturated heterocycles. The Hall–Kier alpha value is -2.36. The van der Waals surface area contributed by atoms with Crippen molar-refractivity contribution in [2.45, 2.75) is 127 Å². The number of amides is 4. The van der Waals surface area contributed by atoms with Crippen molar-refractivity contribution < 1.29 is 23.9 Å². The minimum Gasteiger partial charge on any atom is -0.444 e. The van der Waals surface area contributed by atoms with E-state index in [1.165, 1.54) is 0 Å². The fourth-order valence-corrected chi connectivity index (χ4v) is 7.45. The van der Waals surface area contributed by atoms with Gasteiger partial charge >= 0.3 is 6.09 Å². The number of allylic oxidation sites excluding steroid dienone is 1. The number of hydrogen-bond donors (Lipinski definition) is 3. The van der Waals surface area contributed by atoms with Crippen molar-refractivity contribution in [3.63, 3.8) is 0 Å². The standard InChI is InChI=1S/C29H46N4O5S/c1-6-39(28(5)16-17-28)32-25(36)29-19-20(29)13-10-8-7-9-11-14-21(30-26(37)38-27(2,3)4)24(35)33-18-12-15-22(33)23(34)31-29/h6,10,13,20-22H,7-9,11-12,14-19H2,1-5H3,(H,30,37)(H,31,34)(H,32,36)/b13-10-/t20-,21+,22+,29-,39?/m1/s1. The number of carbonyl (C=O) groups is 4. The molecule has 2 aliphatic carbocycles. The molecule has 10 heteroatoms. The second-order valence-electron chi connectivity index (χ2n) is 12.7. The van der Waals surface area contributed by atoms with Crippen LogP contribution in [0.3, 0.4) is 0 Å². The van der Waals surface area contributed by atoms with Gasteiger partial charge in [0.05, 0.1) is 0 Å². The van der Waals surface area contributed by atoms with Crippen LogP contribution in [0.2, 0.25) is 0 Å². The lowest BCUT2D eigenvalue weighted by Gasteiger charge is -2.31. The molecule has 0 aromatic carbocycles. The third-order valence-corrected chi connectivity index (χ3v) is 10.6. The average molecular weight is 563 g/mol. The summed E-state index contributed by atoms with van der Waals surface area (Å²) >= 11 is 0. The predicted octanol–water partition coefficient (Wildman–Crippen LogP) is 3.94. The average Bonchev–Trinajstić information content (AvgIpc) is 3.70. The normalized spacial score (nSPS) is 32.4. The minimum absolute atomic E-state index is 0.0620. The zero-order valence-corrected chi connectivity index (χ0v) is 25.0. The third-order valence-electron chi connectivity index (χ3n) is 8.25. The van der Waals surface area contributed by atoms with Gasteiger partial charge in [-0.3, -0.25) is 14.4 Å². The van der Waals surface area contributed by atoms with Gasteiger partial charge in [0, 0.05) is 17.2 Å². The van der Waals surface area contributed by atoms with Crippen LogP contribution in [0, 0.1) is 5.92 Å². The largest absolute Gasteiger partial charge is 0.444 e. The van der Waals surface area contributed by atoms with Gasteiger partial charge in [-0.25, -0.2) is 4.79 Å². The van der Waals surface area contributed by atoms with E-state index in [2.05, 4.69) is 39.8 Å². The van der Waals surface area contributed by atoms with Crippen molar-refractivity contribution in [3.05, 3.63) is 12.2 Å². The monoisotopic (exact) mass is 562 g/mol. The number of hydrogen-bond acceptors (Lipinski definition) is 5. The summed E-state index contributed by atoms with van der Waals surface area (Å²) in [7, 11) is -0.357. The first-order valence-corrected chi connectivity index (χ1v) is 15.8. The number of rotatable bonds is 4. The first-order valence-electron chi connectivity index (χ1n) is 14.5. The van der Waals surface area contributed by atoms with Crippen LogP contribution in [-0.2, 0) is 19.1 Å². The van der Waals surface area contributed by atoms with Gasteiger partial charge in [-0.05, 0) is 91.4 Å². The quantitative estimate of drug-likeness (QED) is 0.355. The van der Waals surface area contributed by atoms with E-state index in [0.29, 0.717) is 32.2 Å². The van der Waals surface area contributed by atoms with Crippen LogP contribution in [0.4, 0.5) is 4.79 Å². The molecule has 9 nitrogen and oxygen atoms in total. The Labute approximate surface area is 235 Å². The predicted molar refractivity (Wildman–Crippen MR) is 154 cm³/mol. The first-order chi connectivity index (χ1) is 18.4.